The van der Waals surface area contributed by atoms with Crippen molar-refractivity contribution in [1.82, 2.24) is 0 Å². The summed E-state index contributed by atoms with van der Waals surface area (Å²) in [5.41, 5.74) is 1.29. The highest BCUT2D eigenvalue weighted by Gasteiger charge is 2.30. The van der Waals surface area contributed by atoms with E-state index in [2.05, 4.69) is 25.7 Å². The van der Waals surface area contributed by atoms with Crippen LogP contribution >= 0.6 is 0 Å². The summed E-state index contributed by atoms with van der Waals surface area (Å²) in [5, 5.41) is 0. The van der Waals surface area contributed by atoms with E-state index in [9.17, 15) is 4.79 Å². The summed E-state index contributed by atoms with van der Waals surface area (Å²) >= 11 is 0. The molecule has 1 heterocycles. The molecule has 2 aliphatic rings. The van der Waals surface area contributed by atoms with Gasteiger partial charge in [0.25, 0.3) is 0 Å². The summed E-state index contributed by atoms with van der Waals surface area (Å²) in [5.74, 6) is 7.09. The highest BCUT2D eigenvalue weighted by molar-refractivity contribution is 5.92. The van der Waals surface area contributed by atoms with E-state index in [1.807, 2.05) is 18.2 Å². The minimum absolute atomic E-state index is 0.140. The number of benzene rings is 1. The van der Waals surface area contributed by atoms with Crippen LogP contribution in [0.1, 0.15) is 68.3 Å². The van der Waals surface area contributed by atoms with E-state index in [0.717, 1.165) is 24.8 Å². The van der Waals surface area contributed by atoms with Crippen LogP contribution in [0.2, 0.25) is 0 Å². The fraction of sp³-hybridized carbons (Fsp3) is 0.571. The summed E-state index contributed by atoms with van der Waals surface area (Å²) in [6.07, 6.45) is 6.20. The molecule has 2 unspecified atom stereocenters. The van der Waals surface area contributed by atoms with Crippen molar-refractivity contribution in [3.8, 4) is 11.8 Å². The molecule has 1 saturated carbocycles. The van der Waals surface area contributed by atoms with Crippen molar-refractivity contribution in [3.63, 3.8) is 0 Å². The molecule has 1 aliphatic carbocycles. The molecule has 3 heteroatoms. The maximum absolute atomic E-state index is 12.5. The van der Waals surface area contributed by atoms with Gasteiger partial charge in [-0.15, -0.1) is 0 Å². The standard InChI is InChI=1S/C21H26O3/c1-3-6-17-13-14-20(23-15(17)2)24-21(22)19-8-5-4-7-18(19)12-11-16-9-10-16/h4-5,7-8,15-17,20H,3,6,9-10,13-14H2,1-2H3/t15?,17-,20?/m1/s1. The van der Waals surface area contributed by atoms with Crippen LogP contribution in [0.4, 0.5) is 0 Å². The van der Waals surface area contributed by atoms with Crippen molar-refractivity contribution >= 4 is 5.97 Å². The lowest BCUT2D eigenvalue weighted by atomic mass is 9.91. The largest absolute Gasteiger partial charge is 0.432 e. The van der Waals surface area contributed by atoms with Crippen LogP contribution < -0.4 is 0 Å². The van der Waals surface area contributed by atoms with Gasteiger partial charge in [-0.1, -0.05) is 37.3 Å². The van der Waals surface area contributed by atoms with Gasteiger partial charge in [-0.05, 0) is 50.7 Å². The van der Waals surface area contributed by atoms with Crippen molar-refractivity contribution in [2.24, 2.45) is 11.8 Å². The fourth-order valence-electron chi connectivity index (χ4n) is 3.20. The minimum atomic E-state index is -0.440. The molecule has 2 fully saturated rings. The molecule has 3 rings (SSSR count). The first-order chi connectivity index (χ1) is 11.7. The lowest BCUT2D eigenvalue weighted by molar-refractivity contribution is -0.179. The van der Waals surface area contributed by atoms with Gasteiger partial charge in [0.05, 0.1) is 11.7 Å². The third-order valence-electron chi connectivity index (χ3n) is 4.84. The molecule has 3 nitrogen and oxygen atoms in total. The predicted molar refractivity (Wildman–Crippen MR) is 93.4 cm³/mol. The minimum Gasteiger partial charge on any atom is -0.432 e. The highest BCUT2D eigenvalue weighted by atomic mass is 16.7. The molecule has 24 heavy (non-hydrogen) atoms. The monoisotopic (exact) mass is 326 g/mol. The zero-order chi connectivity index (χ0) is 16.9. The molecule has 1 aromatic carbocycles. The number of hydrogen-bond donors (Lipinski definition) is 0. The van der Waals surface area contributed by atoms with Crippen LogP contribution in [0.5, 0.6) is 0 Å². The number of esters is 1. The van der Waals surface area contributed by atoms with E-state index in [1.54, 1.807) is 6.07 Å². The Labute approximate surface area is 144 Å². The van der Waals surface area contributed by atoms with Gasteiger partial charge >= 0.3 is 5.97 Å². The van der Waals surface area contributed by atoms with E-state index >= 15 is 0 Å². The van der Waals surface area contributed by atoms with Crippen molar-refractivity contribution in [2.45, 2.75) is 64.8 Å². The van der Waals surface area contributed by atoms with Crippen LogP contribution in [-0.2, 0) is 9.47 Å². The molecule has 1 aliphatic heterocycles. The Kier molecular flexibility index (Phi) is 5.58. The van der Waals surface area contributed by atoms with Crippen LogP contribution in [0, 0.1) is 23.7 Å². The van der Waals surface area contributed by atoms with Crippen molar-refractivity contribution in [2.75, 3.05) is 0 Å². The summed E-state index contributed by atoms with van der Waals surface area (Å²) in [7, 11) is 0. The molecular weight excluding hydrogens is 300 g/mol. The van der Waals surface area contributed by atoms with Gasteiger partial charge in [-0.2, -0.15) is 0 Å². The molecule has 0 spiro atoms. The van der Waals surface area contributed by atoms with Crippen LogP contribution in [0.3, 0.4) is 0 Å². The molecule has 0 bridgehead atoms. The number of carbonyl (C=O) groups excluding carboxylic acids is 1. The van der Waals surface area contributed by atoms with Gasteiger partial charge in [0.15, 0.2) is 0 Å². The smallest absolute Gasteiger partial charge is 0.341 e. The summed E-state index contributed by atoms with van der Waals surface area (Å²) in [4.78, 5) is 12.5. The van der Waals surface area contributed by atoms with Gasteiger partial charge in [0, 0.05) is 17.9 Å². The van der Waals surface area contributed by atoms with Gasteiger partial charge in [-0.3, -0.25) is 0 Å². The van der Waals surface area contributed by atoms with Gasteiger partial charge in [-0.25, -0.2) is 4.79 Å². The van der Waals surface area contributed by atoms with Crippen molar-refractivity contribution < 1.29 is 14.3 Å². The van der Waals surface area contributed by atoms with Crippen LogP contribution in [-0.4, -0.2) is 18.4 Å². The average Bonchev–Trinajstić information content (AvgIpc) is 3.40. The van der Waals surface area contributed by atoms with Crippen LogP contribution in [0.15, 0.2) is 24.3 Å². The first-order valence-corrected chi connectivity index (χ1v) is 9.14. The Morgan fingerprint density at radius 1 is 1.25 bits per heavy atom. The summed E-state index contributed by atoms with van der Waals surface area (Å²) in [6.45, 7) is 4.27. The maximum atomic E-state index is 12.5. The molecule has 0 radical (unpaired) electrons. The third kappa shape index (κ3) is 4.39. The normalized spacial score (nSPS) is 26.3. The molecule has 0 N–H and O–H groups in total. The average molecular weight is 326 g/mol. The third-order valence-corrected chi connectivity index (χ3v) is 4.84. The second-order valence-electron chi connectivity index (χ2n) is 6.89. The van der Waals surface area contributed by atoms with E-state index in [1.165, 1.54) is 19.3 Å². The van der Waals surface area contributed by atoms with Crippen LogP contribution in [0.25, 0.3) is 0 Å². The zero-order valence-electron chi connectivity index (χ0n) is 14.6. The lowest BCUT2D eigenvalue weighted by Gasteiger charge is -2.34. The van der Waals surface area contributed by atoms with E-state index in [-0.39, 0.29) is 12.1 Å². The fourth-order valence-corrected chi connectivity index (χ4v) is 3.20. The Bertz CT molecular complexity index is 636. The number of carbonyl (C=O) groups is 1. The van der Waals surface area contributed by atoms with Crippen molar-refractivity contribution in [3.05, 3.63) is 35.4 Å². The van der Waals surface area contributed by atoms with Crippen molar-refractivity contribution in [1.29, 1.82) is 0 Å². The first-order valence-electron chi connectivity index (χ1n) is 9.14. The Hall–Kier alpha value is -1.79. The molecule has 1 saturated heterocycles. The Balaban J connectivity index is 1.62. The highest BCUT2D eigenvalue weighted by Crippen LogP contribution is 2.30. The maximum Gasteiger partial charge on any atom is 0.341 e. The molecule has 0 aromatic heterocycles. The number of rotatable bonds is 4. The molecule has 128 valence electrons. The first kappa shape index (κ1) is 17.0. The Morgan fingerprint density at radius 3 is 2.75 bits per heavy atom. The Morgan fingerprint density at radius 2 is 2.04 bits per heavy atom. The number of hydrogen-bond acceptors (Lipinski definition) is 3. The second kappa shape index (κ2) is 7.85. The van der Waals surface area contributed by atoms with E-state index < -0.39 is 6.29 Å². The second-order valence-corrected chi connectivity index (χ2v) is 6.89. The van der Waals surface area contributed by atoms with E-state index in [4.69, 9.17) is 9.47 Å². The van der Waals surface area contributed by atoms with Gasteiger partial charge in [0.2, 0.25) is 6.29 Å². The van der Waals surface area contributed by atoms with E-state index in [0.29, 0.717) is 17.4 Å². The quantitative estimate of drug-likeness (QED) is 0.601. The number of ether oxygens (including phenoxy) is 2. The lowest BCUT2D eigenvalue weighted by Crippen LogP contribution is -2.35. The van der Waals surface area contributed by atoms with Gasteiger partial charge in [0.1, 0.15) is 0 Å². The topological polar surface area (TPSA) is 35.5 Å². The predicted octanol–water partition coefficient (Wildman–Crippen LogP) is 4.55. The summed E-state index contributed by atoms with van der Waals surface area (Å²) in [6, 6.07) is 7.42. The molecule has 3 atom stereocenters. The zero-order valence-corrected chi connectivity index (χ0v) is 14.6. The molecule has 1 aromatic rings. The SMILES string of the molecule is CCC[C@@H]1CCC(OC(=O)c2ccccc2C#CC2CC2)OC1C. The molecule has 0 amide bonds. The van der Waals surface area contributed by atoms with Gasteiger partial charge < -0.3 is 9.47 Å². The summed E-state index contributed by atoms with van der Waals surface area (Å²) < 4.78 is 11.5. The molecular formula is C21H26O3.